The third kappa shape index (κ3) is 12.8. The molecule has 0 aliphatic carbocycles. The zero-order valence-corrected chi connectivity index (χ0v) is 46.3. The van der Waals surface area contributed by atoms with E-state index in [1.54, 1.807) is 11.8 Å². The molecule has 0 fully saturated rings. The molecule has 2 aliphatic heterocycles. The highest BCUT2D eigenvalue weighted by Gasteiger charge is 2.42. The fraction of sp³-hybridized carbons (Fsp3) is 0.371. The van der Waals surface area contributed by atoms with Gasteiger partial charge in [0.15, 0.2) is 0 Å². The van der Waals surface area contributed by atoms with Gasteiger partial charge in [-0.3, -0.25) is 9.59 Å². The molecule has 0 saturated heterocycles. The molecular formula is C62H74N8O4S2. The van der Waals surface area contributed by atoms with Gasteiger partial charge >= 0.3 is 6.09 Å². The Bertz CT molecular complexity index is 2850. The Kier molecular flexibility index (Phi) is 19.0. The van der Waals surface area contributed by atoms with Crippen LogP contribution in [0.2, 0.25) is 0 Å². The van der Waals surface area contributed by atoms with Crippen LogP contribution >= 0.6 is 24.4 Å². The van der Waals surface area contributed by atoms with Crippen molar-refractivity contribution in [3.05, 3.63) is 192 Å². The number of nitrogens with two attached hydrogens (primary N) is 1. The molecule has 4 atom stereocenters. The first-order valence-corrected chi connectivity index (χ1v) is 28.5. The van der Waals surface area contributed by atoms with Crippen molar-refractivity contribution in [1.82, 2.24) is 34.2 Å². The van der Waals surface area contributed by atoms with E-state index < -0.39 is 28.5 Å². The van der Waals surface area contributed by atoms with Crippen LogP contribution in [0.3, 0.4) is 0 Å². The summed E-state index contributed by atoms with van der Waals surface area (Å²) in [5.74, 6) is 2.37. The van der Waals surface area contributed by atoms with Crippen LogP contribution in [0.4, 0.5) is 4.79 Å². The number of aromatic nitrogens is 4. The topological polar surface area (TPSA) is 141 Å². The molecule has 2 unspecified atom stereocenters. The number of rotatable bonds is 18. The molecule has 76 heavy (non-hydrogen) atoms. The van der Waals surface area contributed by atoms with E-state index in [0.29, 0.717) is 31.1 Å². The van der Waals surface area contributed by atoms with Crippen LogP contribution in [0.5, 0.6) is 0 Å². The summed E-state index contributed by atoms with van der Waals surface area (Å²) in [5.41, 5.74) is 12.9. The summed E-state index contributed by atoms with van der Waals surface area (Å²) >= 11 is 5.84. The number of thioether (sulfide) groups is 1. The van der Waals surface area contributed by atoms with Crippen molar-refractivity contribution in [2.24, 2.45) is 5.73 Å². The second kappa shape index (κ2) is 26.0. The minimum absolute atomic E-state index is 0.00963. The Balaban J connectivity index is 0.000000255. The van der Waals surface area contributed by atoms with Crippen LogP contribution in [-0.2, 0) is 32.2 Å². The van der Waals surface area contributed by atoms with Crippen molar-refractivity contribution < 1.29 is 19.1 Å². The van der Waals surface area contributed by atoms with Gasteiger partial charge < -0.3 is 34.7 Å². The molecule has 4 heterocycles. The molecule has 14 heteroatoms. The van der Waals surface area contributed by atoms with Crippen LogP contribution in [0.15, 0.2) is 164 Å². The normalized spacial score (nSPS) is 16.1. The molecule has 3 amide bonds. The predicted molar refractivity (Wildman–Crippen MR) is 310 cm³/mol. The first-order chi connectivity index (χ1) is 36.9. The van der Waals surface area contributed by atoms with Crippen LogP contribution < -0.4 is 11.1 Å². The Hall–Kier alpha value is -6.61. The number of carbonyl (C=O) groups excluding carboxylic acids is 3. The lowest BCUT2D eigenvalue weighted by molar-refractivity contribution is -0.137. The van der Waals surface area contributed by atoms with E-state index in [2.05, 4.69) is 138 Å². The summed E-state index contributed by atoms with van der Waals surface area (Å²) in [6.45, 7) is 12.4. The number of unbranched alkanes of at least 4 members (excludes halogenated alkanes) is 2. The van der Waals surface area contributed by atoms with Crippen LogP contribution in [0.25, 0.3) is 22.5 Å². The van der Waals surface area contributed by atoms with Gasteiger partial charge in [-0.15, -0.1) is 11.8 Å². The van der Waals surface area contributed by atoms with Crippen LogP contribution in [0.1, 0.15) is 114 Å². The van der Waals surface area contributed by atoms with Crippen LogP contribution in [-0.4, -0.2) is 89.1 Å². The molecule has 398 valence electrons. The van der Waals surface area contributed by atoms with Crippen molar-refractivity contribution in [1.29, 1.82) is 0 Å². The molecule has 0 spiro atoms. The number of hydrogen-bond donors (Lipinski definition) is 3. The first kappa shape index (κ1) is 55.6. The lowest BCUT2D eigenvalue weighted by Gasteiger charge is -2.40. The average molecular weight is 1060 g/mol. The summed E-state index contributed by atoms with van der Waals surface area (Å²) in [6, 6.07) is 50.1. The number of ether oxygens (including phenoxy) is 1. The largest absolute Gasteiger partial charge is 0.444 e. The number of nitrogens with one attached hydrogen (secondary N) is 1. The van der Waals surface area contributed by atoms with Gasteiger partial charge in [-0.25, -0.2) is 14.8 Å². The zero-order valence-electron chi connectivity index (χ0n) is 44.6. The van der Waals surface area contributed by atoms with E-state index in [0.717, 1.165) is 95.9 Å². The quantitative estimate of drug-likeness (QED) is 0.0570. The maximum absolute atomic E-state index is 15.0. The van der Waals surface area contributed by atoms with Crippen molar-refractivity contribution in [2.45, 2.75) is 121 Å². The molecule has 3 N–H and O–H groups in total. The highest BCUT2D eigenvalue weighted by atomic mass is 32.2. The fourth-order valence-electron chi connectivity index (χ4n) is 10.5. The summed E-state index contributed by atoms with van der Waals surface area (Å²) in [6.07, 6.45) is 9.01. The molecule has 12 nitrogen and oxygen atoms in total. The van der Waals surface area contributed by atoms with Crippen molar-refractivity contribution in [2.75, 3.05) is 24.6 Å². The van der Waals surface area contributed by atoms with Gasteiger partial charge in [0.2, 0.25) is 11.8 Å². The Morgan fingerprint density at radius 2 is 1.03 bits per heavy atom. The van der Waals surface area contributed by atoms with Gasteiger partial charge in [0.05, 0.1) is 46.7 Å². The standard InChI is InChI=1S/C43H48N4O3S.C19H26N4OS/c1-5-6-27-37-39-44-30-38(32-19-11-7-12-20-32)46(39)28-29-47(37)40(48)36(45-41(49)50-42(2,3)4)31-51-43(33-21-13-8-14-22-33,34-23-15-9-16-24-34)35-25-17-10-18-26-35;1-2-3-9-16-18-21-12-17(14-7-5-4-6-8-14)22(18)10-11-23(16)19(24)15(20)13-25/h7-26,30,36-37H,5-6,27-29,31H2,1-4H3,(H,45,49);4-8,12,15-16,25H,2-3,9-11,13,20H2,1H3/t36-,37?;15-,16?/m00/s1. The Morgan fingerprint density at radius 1 is 0.632 bits per heavy atom. The van der Waals surface area contributed by atoms with Gasteiger partial charge in [-0.05, 0) is 61.4 Å². The molecule has 0 bridgehead atoms. The number of alkyl carbamates (subject to hydrolysis) is 1. The number of hydrogen-bond acceptors (Lipinski definition) is 9. The summed E-state index contributed by atoms with van der Waals surface area (Å²) in [4.78, 5) is 54.6. The summed E-state index contributed by atoms with van der Waals surface area (Å²) in [7, 11) is 0. The van der Waals surface area contributed by atoms with E-state index in [-0.39, 0.29) is 23.9 Å². The van der Waals surface area contributed by atoms with Gasteiger partial charge in [-0.1, -0.05) is 191 Å². The molecule has 2 aromatic heterocycles. The van der Waals surface area contributed by atoms with Crippen molar-refractivity contribution in [3.63, 3.8) is 0 Å². The molecule has 5 aromatic carbocycles. The highest BCUT2D eigenvalue weighted by Crippen LogP contribution is 2.49. The van der Waals surface area contributed by atoms with E-state index in [1.807, 2.05) is 97.6 Å². The zero-order chi connectivity index (χ0) is 53.7. The lowest BCUT2D eigenvalue weighted by Crippen LogP contribution is -2.54. The first-order valence-electron chi connectivity index (χ1n) is 26.9. The number of imidazole rings is 2. The molecule has 2 aliphatic rings. The molecule has 9 rings (SSSR count). The van der Waals surface area contributed by atoms with Gasteiger partial charge in [0.25, 0.3) is 0 Å². The van der Waals surface area contributed by atoms with Crippen molar-refractivity contribution >= 4 is 42.3 Å². The van der Waals surface area contributed by atoms with Crippen molar-refractivity contribution in [3.8, 4) is 22.5 Å². The number of fused-ring (bicyclic) bond motifs is 2. The van der Waals surface area contributed by atoms with Gasteiger partial charge in [-0.2, -0.15) is 12.6 Å². The van der Waals surface area contributed by atoms with E-state index in [9.17, 15) is 14.4 Å². The molecule has 0 radical (unpaired) electrons. The molecule has 7 aromatic rings. The fourth-order valence-corrected chi connectivity index (χ4v) is 12.2. The second-order valence-corrected chi connectivity index (χ2v) is 22.1. The SMILES string of the molecule is CCCCC1c2ncc(-c3ccccc3)n2CCN1C(=O)[C@@H](N)CS.CCCCC1c2ncc(-c3ccccc3)n2CCN1C(=O)[C@H](CSC(c1ccccc1)(c1ccccc1)c1ccccc1)NC(=O)OC(C)(C)C. The molecule has 0 saturated carbocycles. The van der Waals surface area contributed by atoms with E-state index in [1.165, 1.54) is 0 Å². The minimum Gasteiger partial charge on any atom is -0.444 e. The third-order valence-electron chi connectivity index (χ3n) is 14.1. The minimum atomic E-state index is -0.861. The summed E-state index contributed by atoms with van der Waals surface area (Å²) in [5, 5.41) is 3.03. The highest BCUT2D eigenvalue weighted by molar-refractivity contribution is 8.00. The maximum atomic E-state index is 15.0. The van der Waals surface area contributed by atoms with E-state index in [4.69, 9.17) is 20.4 Å². The predicted octanol–water partition coefficient (Wildman–Crippen LogP) is 12.1. The smallest absolute Gasteiger partial charge is 0.408 e. The Morgan fingerprint density at radius 3 is 1.41 bits per heavy atom. The average Bonchev–Trinajstić information content (AvgIpc) is 4.11. The van der Waals surface area contributed by atoms with Gasteiger partial charge in [0, 0.05) is 37.7 Å². The maximum Gasteiger partial charge on any atom is 0.408 e. The monoisotopic (exact) mass is 1060 g/mol. The number of thiol groups is 1. The number of nitrogens with zero attached hydrogens (tertiary/aromatic N) is 6. The van der Waals surface area contributed by atoms with Gasteiger partial charge in [0.1, 0.15) is 23.3 Å². The summed E-state index contributed by atoms with van der Waals surface area (Å²) < 4.78 is 9.60. The molecular weight excluding hydrogens is 985 g/mol. The van der Waals surface area contributed by atoms with Crippen LogP contribution in [0, 0.1) is 0 Å². The number of carbonyl (C=O) groups is 3. The Labute approximate surface area is 459 Å². The second-order valence-electron chi connectivity index (χ2n) is 20.5. The lowest BCUT2D eigenvalue weighted by atomic mass is 9.84. The number of benzene rings is 5. The van der Waals surface area contributed by atoms with E-state index >= 15 is 0 Å². The third-order valence-corrected chi connectivity index (χ3v) is 16.2. The number of amides is 3.